The van der Waals surface area contributed by atoms with Gasteiger partial charge in [0.25, 0.3) is 0 Å². The molecule has 0 saturated heterocycles. The molecule has 15 heavy (non-hydrogen) atoms. The van der Waals surface area contributed by atoms with E-state index < -0.39 is 5.97 Å². The number of hydrogen-bond acceptors (Lipinski definition) is 2. The van der Waals surface area contributed by atoms with Gasteiger partial charge in [-0.3, -0.25) is 0 Å². The third-order valence-corrected chi connectivity index (χ3v) is 2.00. The zero-order chi connectivity index (χ0) is 11.3. The lowest BCUT2D eigenvalue weighted by Gasteiger charge is -2.05. The van der Waals surface area contributed by atoms with E-state index in [0.29, 0.717) is 13.0 Å². The van der Waals surface area contributed by atoms with E-state index in [0.717, 1.165) is 11.3 Å². The van der Waals surface area contributed by atoms with Crippen molar-refractivity contribution in [1.29, 1.82) is 0 Å². The minimum Gasteiger partial charge on any atom is -0.493 e. The highest BCUT2D eigenvalue weighted by Gasteiger charge is 2.03. The molecule has 0 spiro atoms. The summed E-state index contributed by atoms with van der Waals surface area (Å²) in [6.07, 6.45) is 0.337. The molecule has 1 aromatic carbocycles. The van der Waals surface area contributed by atoms with Crippen LogP contribution in [0.15, 0.2) is 36.4 Å². The van der Waals surface area contributed by atoms with Crippen molar-refractivity contribution in [2.24, 2.45) is 0 Å². The van der Waals surface area contributed by atoms with E-state index in [4.69, 9.17) is 9.84 Å². The van der Waals surface area contributed by atoms with Gasteiger partial charge in [-0.2, -0.15) is 0 Å². The molecule has 0 heterocycles. The Kier molecular flexibility index (Phi) is 3.92. The maximum Gasteiger partial charge on any atom is 0.331 e. The average molecular weight is 206 g/mol. The molecule has 3 heteroatoms. The van der Waals surface area contributed by atoms with Crippen LogP contribution in [0, 0.1) is 6.92 Å². The molecule has 0 atom stereocenters. The number of carboxylic acid groups (broad SMARTS) is 1. The Morgan fingerprint density at radius 2 is 2.00 bits per heavy atom. The minimum absolute atomic E-state index is 0.169. The molecule has 0 fully saturated rings. The molecule has 0 saturated carbocycles. The number of rotatable bonds is 5. The molecule has 0 aliphatic carbocycles. The van der Waals surface area contributed by atoms with Crippen LogP contribution in [0.1, 0.15) is 12.0 Å². The normalized spacial score (nSPS) is 9.67. The van der Waals surface area contributed by atoms with E-state index in [1.807, 2.05) is 31.2 Å². The lowest BCUT2D eigenvalue weighted by molar-refractivity contribution is -0.132. The monoisotopic (exact) mass is 206 g/mol. The SMILES string of the molecule is C=C(CCOc1ccc(C)cc1)C(=O)O. The van der Waals surface area contributed by atoms with E-state index in [-0.39, 0.29) is 5.57 Å². The van der Waals surface area contributed by atoms with E-state index in [2.05, 4.69) is 6.58 Å². The zero-order valence-corrected chi connectivity index (χ0v) is 8.69. The largest absolute Gasteiger partial charge is 0.493 e. The second-order valence-corrected chi connectivity index (χ2v) is 3.32. The smallest absolute Gasteiger partial charge is 0.331 e. The first-order chi connectivity index (χ1) is 7.09. The molecule has 3 nitrogen and oxygen atoms in total. The van der Waals surface area contributed by atoms with Crippen molar-refractivity contribution < 1.29 is 14.6 Å². The lowest BCUT2D eigenvalue weighted by atomic mass is 10.2. The number of aliphatic carboxylic acids is 1. The molecule has 0 amide bonds. The molecule has 1 N–H and O–H groups in total. The molecule has 0 bridgehead atoms. The minimum atomic E-state index is -0.970. The summed E-state index contributed by atoms with van der Waals surface area (Å²) < 4.78 is 5.36. The molecule has 0 unspecified atom stereocenters. The van der Waals surface area contributed by atoms with Crippen LogP contribution in [-0.4, -0.2) is 17.7 Å². The van der Waals surface area contributed by atoms with Crippen molar-refractivity contribution in [3.8, 4) is 5.75 Å². The standard InChI is InChI=1S/C12H14O3/c1-9-3-5-11(6-4-9)15-8-7-10(2)12(13)14/h3-6H,2,7-8H2,1H3,(H,13,14). The van der Waals surface area contributed by atoms with Gasteiger partial charge in [-0.25, -0.2) is 4.79 Å². The summed E-state index contributed by atoms with van der Waals surface area (Å²) in [5.74, 6) is -0.221. The van der Waals surface area contributed by atoms with E-state index in [1.165, 1.54) is 0 Å². The Balaban J connectivity index is 2.35. The fourth-order valence-electron chi connectivity index (χ4n) is 1.03. The summed E-state index contributed by atoms with van der Waals surface area (Å²) in [5, 5.41) is 8.56. The third-order valence-electron chi connectivity index (χ3n) is 2.00. The molecule has 80 valence electrons. The molecule has 1 aromatic rings. The van der Waals surface area contributed by atoms with Crippen molar-refractivity contribution in [2.75, 3.05) is 6.61 Å². The quantitative estimate of drug-likeness (QED) is 0.752. The number of hydrogen-bond donors (Lipinski definition) is 1. The predicted molar refractivity (Wildman–Crippen MR) is 58.1 cm³/mol. The van der Waals surface area contributed by atoms with Crippen LogP contribution in [0.5, 0.6) is 5.75 Å². The number of ether oxygens (including phenoxy) is 1. The van der Waals surface area contributed by atoms with E-state index >= 15 is 0 Å². The number of carbonyl (C=O) groups is 1. The second kappa shape index (κ2) is 5.20. The maximum atomic E-state index is 10.4. The van der Waals surface area contributed by atoms with Crippen molar-refractivity contribution in [1.82, 2.24) is 0 Å². The van der Waals surface area contributed by atoms with Crippen LogP contribution in [0.3, 0.4) is 0 Å². The van der Waals surface area contributed by atoms with Crippen LogP contribution in [0.4, 0.5) is 0 Å². The van der Waals surface area contributed by atoms with Gasteiger partial charge in [-0.15, -0.1) is 0 Å². The van der Waals surface area contributed by atoms with Gasteiger partial charge in [0.1, 0.15) is 5.75 Å². The summed E-state index contributed by atoms with van der Waals surface area (Å²) in [6, 6.07) is 7.61. The Morgan fingerprint density at radius 1 is 1.40 bits per heavy atom. The Bertz CT molecular complexity index is 352. The van der Waals surface area contributed by atoms with Gasteiger partial charge in [0.05, 0.1) is 6.61 Å². The van der Waals surface area contributed by atoms with Gasteiger partial charge < -0.3 is 9.84 Å². The fraction of sp³-hybridized carbons (Fsp3) is 0.250. The molecule has 0 aliphatic heterocycles. The first kappa shape index (κ1) is 11.3. The molecular weight excluding hydrogens is 192 g/mol. The van der Waals surface area contributed by atoms with Crippen LogP contribution < -0.4 is 4.74 Å². The lowest BCUT2D eigenvalue weighted by Crippen LogP contribution is -2.05. The summed E-state index contributed by atoms with van der Waals surface area (Å²) in [7, 11) is 0. The van der Waals surface area contributed by atoms with Gasteiger partial charge in [-0.05, 0) is 19.1 Å². The highest BCUT2D eigenvalue weighted by atomic mass is 16.5. The molecule has 1 rings (SSSR count). The molecular formula is C12H14O3. The van der Waals surface area contributed by atoms with Gasteiger partial charge in [0.2, 0.25) is 0 Å². The molecule has 0 aliphatic rings. The van der Waals surface area contributed by atoms with Crippen molar-refractivity contribution in [3.63, 3.8) is 0 Å². The van der Waals surface area contributed by atoms with Gasteiger partial charge in [-0.1, -0.05) is 24.3 Å². The van der Waals surface area contributed by atoms with Gasteiger partial charge >= 0.3 is 5.97 Å². The second-order valence-electron chi connectivity index (χ2n) is 3.32. The fourth-order valence-corrected chi connectivity index (χ4v) is 1.03. The highest BCUT2D eigenvalue weighted by molar-refractivity contribution is 5.85. The number of carboxylic acids is 1. The number of benzene rings is 1. The van der Waals surface area contributed by atoms with Crippen molar-refractivity contribution in [2.45, 2.75) is 13.3 Å². The topological polar surface area (TPSA) is 46.5 Å². The molecule has 0 radical (unpaired) electrons. The molecule has 0 aromatic heterocycles. The van der Waals surface area contributed by atoms with Gasteiger partial charge in [0, 0.05) is 12.0 Å². The Morgan fingerprint density at radius 3 is 2.53 bits per heavy atom. The summed E-state index contributed by atoms with van der Waals surface area (Å²) in [6.45, 7) is 5.76. The van der Waals surface area contributed by atoms with E-state index in [9.17, 15) is 4.79 Å². The summed E-state index contributed by atoms with van der Waals surface area (Å²) in [5.41, 5.74) is 1.33. The van der Waals surface area contributed by atoms with E-state index in [1.54, 1.807) is 0 Å². The van der Waals surface area contributed by atoms with Crippen LogP contribution in [-0.2, 0) is 4.79 Å². The van der Waals surface area contributed by atoms with Gasteiger partial charge in [0.15, 0.2) is 0 Å². The predicted octanol–water partition coefficient (Wildman–Crippen LogP) is 2.40. The summed E-state index contributed by atoms with van der Waals surface area (Å²) in [4.78, 5) is 10.4. The highest BCUT2D eigenvalue weighted by Crippen LogP contribution is 2.12. The Labute approximate surface area is 89.0 Å². The van der Waals surface area contributed by atoms with Crippen molar-refractivity contribution >= 4 is 5.97 Å². The van der Waals surface area contributed by atoms with Crippen molar-refractivity contribution in [3.05, 3.63) is 42.0 Å². The third kappa shape index (κ3) is 3.85. The summed E-state index contributed by atoms with van der Waals surface area (Å²) >= 11 is 0. The van der Waals surface area contributed by atoms with Crippen LogP contribution in [0.2, 0.25) is 0 Å². The van der Waals surface area contributed by atoms with Crippen LogP contribution >= 0.6 is 0 Å². The Hall–Kier alpha value is -1.77. The first-order valence-electron chi connectivity index (χ1n) is 4.70. The average Bonchev–Trinajstić information content (AvgIpc) is 2.20. The maximum absolute atomic E-state index is 10.4. The first-order valence-corrected chi connectivity index (χ1v) is 4.70. The zero-order valence-electron chi connectivity index (χ0n) is 8.69. The van der Waals surface area contributed by atoms with Crippen LogP contribution in [0.25, 0.3) is 0 Å². The number of aryl methyl sites for hydroxylation is 1.